The Hall–Kier alpha value is -4.12. The first-order chi connectivity index (χ1) is 20.1. The van der Waals surface area contributed by atoms with Gasteiger partial charge < -0.3 is 14.9 Å². The molecule has 3 aromatic heterocycles. The summed E-state index contributed by atoms with van der Waals surface area (Å²) in [5, 5.41) is 10.4. The van der Waals surface area contributed by atoms with Gasteiger partial charge >= 0.3 is 11.8 Å². The molecule has 42 heavy (non-hydrogen) atoms. The lowest BCUT2D eigenvalue weighted by Gasteiger charge is -2.43. The molecule has 1 N–H and O–H groups in total. The van der Waals surface area contributed by atoms with Crippen LogP contribution in [0.2, 0.25) is 5.02 Å². The van der Waals surface area contributed by atoms with Gasteiger partial charge in [0.15, 0.2) is 5.65 Å². The second-order valence-corrected chi connectivity index (χ2v) is 11.8. The van der Waals surface area contributed by atoms with E-state index in [1.54, 1.807) is 24.3 Å². The lowest BCUT2D eigenvalue weighted by atomic mass is 10.0. The van der Waals surface area contributed by atoms with Gasteiger partial charge in [0.25, 0.3) is 0 Å². The Kier molecular flexibility index (Phi) is 7.08. The van der Waals surface area contributed by atoms with Gasteiger partial charge in [0, 0.05) is 36.7 Å². The number of aromatic nitrogens is 5. The number of halogens is 2. The molecule has 218 valence electrons. The van der Waals surface area contributed by atoms with Crippen LogP contribution in [0.4, 0.5) is 15.0 Å². The maximum absolute atomic E-state index is 15.0. The van der Waals surface area contributed by atoms with Crippen molar-refractivity contribution in [2.24, 2.45) is 0 Å². The predicted octanol–water partition coefficient (Wildman–Crippen LogP) is 5.61. The highest BCUT2D eigenvalue weighted by Gasteiger charge is 2.36. The van der Waals surface area contributed by atoms with Gasteiger partial charge in [-0.25, -0.2) is 33.5 Å². The molecule has 1 aromatic carbocycles. The molecular weight excluding hydrogens is 561 g/mol. The summed E-state index contributed by atoms with van der Waals surface area (Å²) in [4.78, 5) is 47.9. The summed E-state index contributed by atoms with van der Waals surface area (Å²) in [6.07, 6.45) is 2.42. The standard InChI is InChI=1S/C30H31ClFN7O3/c1-15(2)23-26(24(18-9-10-18)34-14-33-23)39-28-20(11-21(31)25(35-28)19-7-5-6-8-22(19)32)27(36-29(39)40)37-12-17(4)38(30(41)42)13-16(37)3/h5-8,11,14-18H,9-10,12-13H2,1-4H3,(H,41,42)/t16-,17+/m0/s1. The summed E-state index contributed by atoms with van der Waals surface area (Å²) >= 11 is 6.79. The Morgan fingerprint density at radius 3 is 2.50 bits per heavy atom. The van der Waals surface area contributed by atoms with E-state index in [4.69, 9.17) is 16.6 Å². The largest absolute Gasteiger partial charge is 0.465 e. The minimum absolute atomic E-state index is 0.0366. The van der Waals surface area contributed by atoms with E-state index in [1.165, 1.54) is 21.9 Å². The van der Waals surface area contributed by atoms with Crippen LogP contribution in [0.1, 0.15) is 63.8 Å². The first-order valence-corrected chi connectivity index (χ1v) is 14.4. The molecule has 4 heterocycles. The highest BCUT2D eigenvalue weighted by atomic mass is 35.5. The van der Waals surface area contributed by atoms with E-state index >= 15 is 4.39 Å². The van der Waals surface area contributed by atoms with E-state index in [-0.39, 0.29) is 52.4 Å². The minimum Gasteiger partial charge on any atom is -0.465 e. The molecule has 2 atom stereocenters. The molecule has 1 aliphatic heterocycles. The van der Waals surface area contributed by atoms with Gasteiger partial charge in [-0.05, 0) is 50.8 Å². The van der Waals surface area contributed by atoms with Crippen LogP contribution in [-0.2, 0) is 0 Å². The highest BCUT2D eigenvalue weighted by molar-refractivity contribution is 6.33. The molecule has 12 heteroatoms. The molecule has 0 bridgehead atoms. The Bertz CT molecular complexity index is 1750. The van der Waals surface area contributed by atoms with Gasteiger partial charge in [0.05, 0.1) is 33.2 Å². The second-order valence-electron chi connectivity index (χ2n) is 11.4. The number of carbonyl (C=O) groups is 1. The number of hydrogen-bond donors (Lipinski definition) is 1. The van der Waals surface area contributed by atoms with Crippen molar-refractivity contribution in [1.82, 2.24) is 29.4 Å². The van der Waals surface area contributed by atoms with Gasteiger partial charge in [0.1, 0.15) is 18.0 Å². The Balaban J connectivity index is 1.67. The van der Waals surface area contributed by atoms with Gasteiger partial charge in [-0.1, -0.05) is 37.6 Å². The molecule has 1 amide bonds. The van der Waals surface area contributed by atoms with Crippen LogP contribution in [0.25, 0.3) is 28.0 Å². The van der Waals surface area contributed by atoms with Crippen LogP contribution in [0.15, 0.2) is 41.5 Å². The van der Waals surface area contributed by atoms with Gasteiger partial charge in [-0.2, -0.15) is 4.98 Å². The van der Waals surface area contributed by atoms with Gasteiger partial charge in [-0.3, -0.25) is 0 Å². The minimum atomic E-state index is -1.00. The number of fused-ring (bicyclic) bond motifs is 1. The van der Waals surface area contributed by atoms with Crippen LogP contribution in [0.3, 0.4) is 0 Å². The average molecular weight is 592 g/mol. The van der Waals surface area contributed by atoms with Crippen molar-refractivity contribution in [2.45, 2.75) is 64.5 Å². The summed E-state index contributed by atoms with van der Waals surface area (Å²) in [7, 11) is 0. The summed E-state index contributed by atoms with van der Waals surface area (Å²) in [5.74, 6) is 0.00292. The molecule has 4 aromatic rings. The SMILES string of the molecule is CC(C)c1ncnc(C2CC2)c1-n1c(=O)nc(N2C[C@@H](C)N(C(=O)O)C[C@@H]2C)c2cc(Cl)c(-c3ccccc3F)nc21. The molecule has 1 saturated heterocycles. The third kappa shape index (κ3) is 4.75. The number of amides is 1. The molecule has 2 aliphatic rings. The highest BCUT2D eigenvalue weighted by Crippen LogP contribution is 2.44. The van der Waals surface area contributed by atoms with Crippen molar-refractivity contribution in [3.63, 3.8) is 0 Å². The molecule has 1 saturated carbocycles. The van der Waals surface area contributed by atoms with Crippen LogP contribution in [0, 0.1) is 5.82 Å². The summed E-state index contributed by atoms with van der Waals surface area (Å²) in [6.45, 7) is 8.24. The van der Waals surface area contributed by atoms with Crippen molar-refractivity contribution in [1.29, 1.82) is 0 Å². The molecule has 0 unspecified atom stereocenters. The van der Waals surface area contributed by atoms with Crippen LogP contribution in [0.5, 0.6) is 0 Å². The van der Waals surface area contributed by atoms with Crippen molar-refractivity contribution in [3.05, 3.63) is 69.4 Å². The molecule has 10 nitrogen and oxygen atoms in total. The topological polar surface area (TPSA) is 117 Å². The van der Waals surface area contributed by atoms with Crippen molar-refractivity contribution in [2.75, 3.05) is 18.0 Å². The number of pyridine rings is 1. The molecule has 6 rings (SSSR count). The van der Waals surface area contributed by atoms with Crippen molar-refractivity contribution >= 4 is 34.5 Å². The maximum Gasteiger partial charge on any atom is 0.407 e. The zero-order chi connectivity index (χ0) is 29.9. The summed E-state index contributed by atoms with van der Waals surface area (Å²) in [5.41, 5.74) is 2.07. The number of rotatable bonds is 5. The molecular formula is C30H31ClFN7O3. The number of anilines is 1. The Morgan fingerprint density at radius 1 is 1.10 bits per heavy atom. The van der Waals surface area contributed by atoms with Crippen LogP contribution >= 0.6 is 11.6 Å². The zero-order valence-corrected chi connectivity index (χ0v) is 24.5. The average Bonchev–Trinajstić information content (AvgIpc) is 3.79. The van der Waals surface area contributed by atoms with Crippen molar-refractivity contribution in [3.8, 4) is 16.9 Å². The van der Waals surface area contributed by atoms with E-state index in [2.05, 4.69) is 15.0 Å². The number of benzene rings is 1. The third-order valence-corrected chi connectivity index (χ3v) is 8.34. The fourth-order valence-electron chi connectivity index (χ4n) is 5.77. The quantitative estimate of drug-likeness (QED) is 0.318. The zero-order valence-electron chi connectivity index (χ0n) is 23.8. The molecule has 0 spiro atoms. The Morgan fingerprint density at radius 2 is 1.83 bits per heavy atom. The number of hydrogen-bond acceptors (Lipinski definition) is 7. The van der Waals surface area contributed by atoms with E-state index in [9.17, 15) is 14.7 Å². The summed E-state index contributed by atoms with van der Waals surface area (Å²) in [6, 6.07) is 7.24. The third-order valence-electron chi connectivity index (χ3n) is 8.05. The predicted molar refractivity (Wildman–Crippen MR) is 158 cm³/mol. The van der Waals surface area contributed by atoms with Gasteiger partial charge in [-0.15, -0.1) is 0 Å². The first-order valence-electron chi connectivity index (χ1n) is 14.1. The normalized spacial score (nSPS) is 19.1. The Labute approximate surface area is 246 Å². The number of nitrogens with zero attached hydrogens (tertiary/aromatic N) is 7. The maximum atomic E-state index is 15.0. The monoisotopic (exact) mass is 591 g/mol. The molecule has 1 aliphatic carbocycles. The van der Waals surface area contributed by atoms with Crippen LogP contribution < -0.4 is 10.6 Å². The smallest absolute Gasteiger partial charge is 0.407 e. The molecule has 0 radical (unpaired) electrons. The van der Waals surface area contributed by atoms with Crippen LogP contribution in [-0.4, -0.2) is 65.8 Å². The number of carboxylic acid groups (broad SMARTS) is 1. The fraction of sp³-hybridized carbons (Fsp3) is 0.400. The summed E-state index contributed by atoms with van der Waals surface area (Å²) < 4.78 is 16.5. The van der Waals surface area contributed by atoms with E-state index in [0.717, 1.165) is 18.5 Å². The van der Waals surface area contributed by atoms with Crippen molar-refractivity contribution < 1.29 is 14.3 Å². The van der Waals surface area contributed by atoms with E-state index < -0.39 is 17.6 Å². The van der Waals surface area contributed by atoms with E-state index in [0.29, 0.717) is 29.1 Å². The van der Waals surface area contributed by atoms with E-state index in [1.807, 2.05) is 32.6 Å². The lowest BCUT2D eigenvalue weighted by molar-refractivity contribution is 0.114. The first kappa shape index (κ1) is 28.0. The van der Waals surface area contributed by atoms with Gasteiger partial charge in [0.2, 0.25) is 0 Å². The number of piperazine rings is 1. The lowest BCUT2D eigenvalue weighted by Crippen LogP contribution is -2.58. The molecule has 2 fully saturated rings. The fourth-order valence-corrected chi connectivity index (χ4v) is 6.02. The second kappa shape index (κ2) is 10.6.